The summed E-state index contributed by atoms with van der Waals surface area (Å²) in [5, 5.41) is 25.7. The highest BCUT2D eigenvalue weighted by Crippen LogP contribution is 2.23. The highest BCUT2D eigenvalue weighted by atomic mass is 16.6. The Hall–Kier alpha value is -4.34. The van der Waals surface area contributed by atoms with Crippen LogP contribution in [0.5, 0.6) is 0 Å². The van der Waals surface area contributed by atoms with Gasteiger partial charge in [-0.15, -0.1) is 0 Å². The minimum absolute atomic E-state index is 0.00872. The Morgan fingerprint density at radius 1 is 1.00 bits per heavy atom. The highest BCUT2D eigenvalue weighted by Gasteiger charge is 2.13. The first-order chi connectivity index (χ1) is 14.3. The molecule has 0 bridgehead atoms. The second-order valence-corrected chi connectivity index (χ2v) is 6.44. The first kappa shape index (κ1) is 20.4. The summed E-state index contributed by atoms with van der Waals surface area (Å²) in [6, 6.07) is 13.3. The van der Waals surface area contributed by atoms with Gasteiger partial charge in [0.1, 0.15) is 0 Å². The second-order valence-electron chi connectivity index (χ2n) is 6.44. The van der Waals surface area contributed by atoms with Crippen LogP contribution in [0.25, 0.3) is 5.69 Å². The maximum absolute atomic E-state index is 12.1. The molecule has 2 aromatic carbocycles. The van der Waals surface area contributed by atoms with E-state index in [0.717, 1.165) is 17.0 Å². The van der Waals surface area contributed by atoms with E-state index in [2.05, 4.69) is 10.5 Å². The Labute approximate surface area is 170 Å². The lowest BCUT2D eigenvalue weighted by atomic mass is 10.2. The molecule has 0 unspecified atom stereocenters. The molecule has 3 aromatic rings. The molecule has 10 heteroatoms. The van der Waals surface area contributed by atoms with Crippen LogP contribution in [-0.4, -0.2) is 26.5 Å². The summed E-state index contributed by atoms with van der Waals surface area (Å²) in [6.07, 6.45) is 1.47. The van der Waals surface area contributed by atoms with Crippen LogP contribution in [0.1, 0.15) is 27.3 Å². The molecular weight excluding hydrogens is 390 g/mol. The lowest BCUT2D eigenvalue weighted by Gasteiger charge is -2.09. The number of nitro groups is 2. The van der Waals surface area contributed by atoms with Gasteiger partial charge >= 0.3 is 0 Å². The molecule has 0 saturated heterocycles. The molecule has 10 nitrogen and oxygen atoms in total. The molecule has 0 radical (unpaired) electrons. The van der Waals surface area contributed by atoms with Crippen molar-refractivity contribution in [1.82, 2.24) is 9.99 Å². The number of amides is 1. The number of carbonyl (C=O) groups is 1. The number of nitrogens with zero attached hydrogens (tertiary/aromatic N) is 4. The van der Waals surface area contributed by atoms with E-state index in [1.807, 2.05) is 24.5 Å². The van der Waals surface area contributed by atoms with E-state index < -0.39 is 15.8 Å². The van der Waals surface area contributed by atoms with E-state index in [1.54, 1.807) is 12.1 Å². The molecule has 0 fully saturated rings. The van der Waals surface area contributed by atoms with Gasteiger partial charge in [0.2, 0.25) is 0 Å². The van der Waals surface area contributed by atoms with Gasteiger partial charge in [-0.1, -0.05) is 6.07 Å². The number of rotatable bonds is 6. The van der Waals surface area contributed by atoms with Gasteiger partial charge in [0.05, 0.1) is 21.7 Å². The van der Waals surface area contributed by atoms with Crippen LogP contribution in [0.4, 0.5) is 11.4 Å². The van der Waals surface area contributed by atoms with Gasteiger partial charge < -0.3 is 4.57 Å². The van der Waals surface area contributed by atoms with E-state index in [0.29, 0.717) is 5.69 Å². The number of hydrogen-bond donors (Lipinski definition) is 1. The third-order valence-corrected chi connectivity index (χ3v) is 4.48. The molecular formula is C20H17N5O5. The maximum atomic E-state index is 12.1. The average molecular weight is 407 g/mol. The Morgan fingerprint density at radius 2 is 1.67 bits per heavy atom. The van der Waals surface area contributed by atoms with E-state index in [1.165, 1.54) is 42.6 Å². The molecule has 0 saturated carbocycles. The normalized spacial score (nSPS) is 10.9. The number of hydrogen-bond acceptors (Lipinski definition) is 6. The van der Waals surface area contributed by atoms with E-state index in [-0.39, 0.29) is 16.9 Å². The van der Waals surface area contributed by atoms with Crippen molar-refractivity contribution in [2.75, 3.05) is 0 Å². The lowest BCUT2D eigenvalue weighted by Crippen LogP contribution is -2.17. The summed E-state index contributed by atoms with van der Waals surface area (Å²) in [5.74, 6) is -0.506. The molecule has 1 amide bonds. The minimum Gasteiger partial charge on any atom is -0.318 e. The number of benzene rings is 2. The molecule has 152 valence electrons. The summed E-state index contributed by atoms with van der Waals surface area (Å²) >= 11 is 0. The van der Waals surface area contributed by atoms with Crippen molar-refractivity contribution in [2.45, 2.75) is 13.8 Å². The quantitative estimate of drug-likeness (QED) is 0.378. The van der Waals surface area contributed by atoms with Crippen LogP contribution in [-0.2, 0) is 0 Å². The Bertz CT molecular complexity index is 1160. The smallest absolute Gasteiger partial charge is 0.271 e. The fourth-order valence-electron chi connectivity index (χ4n) is 3.02. The van der Waals surface area contributed by atoms with Crippen LogP contribution < -0.4 is 5.43 Å². The van der Waals surface area contributed by atoms with Crippen molar-refractivity contribution in [3.8, 4) is 5.69 Å². The fraction of sp³-hybridized carbons (Fsp3) is 0.100. The first-order valence-electron chi connectivity index (χ1n) is 8.79. The third kappa shape index (κ3) is 4.22. The molecule has 3 rings (SSSR count). The van der Waals surface area contributed by atoms with Gasteiger partial charge in [0, 0.05) is 46.8 Å². The van der Waals surface area contributed by atoms with E-state index in [4.69, 9.17) is 0 Å². The van der Waals surface area contributed by atoms with Crippen molar-refractivity contribution in [3.05, 3.63) is 97.3 Å². The van der Waals surface area contributed by atoms with Crippen LogP contribution in [0.3, 0.4) is 0 Å². The molecule has 0 spiro atoms. The molecule has 0 aliphatic rings. The van der Waals surface area contributed by atoms with Gasteiger partial charge in [0.15, 0.2) is 0 Å². The topological polar surface area (TPSA) is 133 Å². The number of aromatic nitrogens is 1. The summed E-state index contributed by atoms with van der Waals surface area (Å²) in [7, 11) is 0. The van der Waals surface area contributed by atoms with Crippen molar-refractivity contribution in [1.29, 1.82) is 0 Å². The zero-order chi connectivity index (χ0) is 21.8. The van der Waals surface area contributed by atoms with Crippen LogP contribution in [0, 0.1) is 34.1 Å². The van der Waals surface area contributed by atoms with Gasteiger partial charge in [0.25, 0.3) is 17.3 Å². The zero-order valence-corrected chi connectivity index (χ0v) is 16.1. The predicted molar refractivity (Wildman–Crippen MR) is 110 cm³/mol. The Morgan fingerprint density at radius 3 is 2.30 bits per heavy atom. The van der Waals surface area contributed by atoms with Gasteiger partial charge in [-0.05, 0) is 38.1 Å². The number of aryl methyl sites for hydroxylation is 1. The van der Waals surface area contributed by atoms with Crippen LogP contribution in [0.2, 0.25) is 0 Å². The van der Waals surface area contributed by atoms with Gasteiger partial charge in [-0.3, -0.25) is 25.0 Å². The number of non-ortho nitro benzene ring substituents is 2. The minimum atomic E-state index is -0.545. The summed E-state index contributed by atoms with van der Waals surface area (Å²) < 4.78 is 1.85. The maximum Gasteiger partial charge on any atom is 0.271 e. The van der Waals surface area contributed by atoms with Crippen LogP contribution in [0.15, 0.2) is 59.7 Å². The van der Waals surface area contributed by atoms with E-state index in [9.17, 15) is 25.0 Å². The lowest BCUT2D eigenvalue weighted by molar-refractivity contribution is -0.385. The molecule has 1 N–H and O–H groups in total. The Kier molecular flexibility index (Phi) is 5.68. The monoisotopic (exact) mass is 407 g/mol. The number of hydrazone groups is 1. The van der Waals surface area contributed by atoms with Crippen molar-refractivity contribution in [3.63, 3.8) is 0 Å². The van der Waals surface area contributed by atoms with Crippen molar-refractivity contribution >= 4 is 23.5 Å². The van der Waals surface area contributed by atoms with Gasteiger partial charge in [-0.2, -0.15) is 5.10 Å². The number of carbonyl (C=O) groups excluding carboxylic acids is 1. The molecule has 1 aromatic heterocycles. The molecule has 0 aliphatic heterocycles. The standard InChI is InChI=1S/C20H17N5O5/c1-13-10-16(14(2)23(13)18-4-3-5-19(11-18)25(29)30)12-21-22-20(26)15-6-8-17(9-7-15)24(27)28/h3-12H,1-2H3,(H,22,26)/b21-12-. The van der Waals surface area contributed by atoms with Crippen LogP contribution >= 0.6 is 0 Å². The fourth-order valence-corrected chi connectivity index (χ4v) is 3.02. The van der Waals surface area contributed by atoms with E-state index >= 15 is 0 Å². The number of nitrogens with one attached hydrogen (secondary N) is 1. The molecule has 0 atom stereocenters. The molecule has 1 heterocycles. The number of nitro benzene ring substituents is 2. The van der Waals surface area contributed by atoms with Gasteiger partial charge in [-0.25, -0.2) is 5.43 Å². The summed E-state index contributed by atoms with van der Waals surface area (Å²) in [6.45, 7) is 3.70. The largest absolute Gasteiger partial charge is 0.318 e. The van der Waals surface area contributed by atoms with Crippen molar-refractivity contribution in [2.24, 2.45) is 5.10 Å². The predicted octanol–water partition coefficient (Wildman–Crippen LogP) is 3.67. The molecule has 30 heavy (non-hydrogen) atoms. The Balaban J connectivity index is 1.77. The SMILES string of the molecule is Cc1cc(/C=N\NC(=O)c2ccc([N+](=O)[O-])cc2)c(C)n1-c1cccc([N+](=O)[O-])c1. The molecule has 0 aliphatic carbocycles. The second kappa shape index (κ2) is 8.35. The zero-order valence-electron chi connectivity index (χ0n) is 16.1. The van der Waals surface area contributed by atoms with Crippen molar-refractivity contribution < 1.29 is 14.6 Å². The first-order valence-corrected chi connectivity index (χ1v) is 8.79. The summed E-state index contributed by atoms with van der Waals surface area (Å²) in [4.78, 5) is 32.8. The third-order valence-electron chi connectivity index (χ3n) is 4.48. The summed E-state index contributed by atoms with van der Waals surface area (Å²) in [5.41, 5.74) is 5.51. The average Bonchev–Trinajstić information content (AvgIpc) is 3.01. The highest BCUT2D eigenvalue weighted by molar-refractivity contribution is 5.95.